The molecule has 9 heteroatoms. The fourth-order valence-electron chi connectivity index (χ4n) is 6.97. The Balaban J connectivity index is 1.38. The van der Waals surface area contributed by atoms with Crippen LogP contribution in [0.1, 0.15) is 54.3 Å². The molecule has 0 saturated heterocycles. The molecule has 9 nitrogen and oxygen atoms in total. The number of benzene rings is 7. The molecular weight excluding hydrogens is 630 g/mol. The van der Waals surface area contributed by atoms with E-state index in [0.717, 1.165) is 32.3 Å². The van der Waals surface area contributed by atoms with Crippen LogP contribution in [-0.4, -0.2) is 30.1 Å². The summed E-state index contributed by atoms with van der Waals surface area (Å²) in [6, 6.07) is 39.8. The van der Waals surface area contributed by atoms with E-state index in [1.807, 2.05) is 48.5 Å². The highest BCUT2D eigenvalue weighted by atomic mass is 16.6. The molecule has 242 valence electrons. The molecular formula is C41H27N3O6. The van der Waals surface area contributed by atoms with Gasteiger partial charge >= 0.3 is 17.9 Å². The molecule has 0 fully saturated rings. The summed E-state index contributed by atoms with van der Waals surface area (Å²) in [5.74, 6) is -2.15. The van der Waals surface area contributed by atoms with Crippen LogP contribution >= 0.6 is 0 Å². The minimum atomic E-state index is -1.42. The molecule has 1 aliphatic carbocycles. The second-order valence-corrected chi connectivity index (χ2v) is 12.0. The lowest BCUT2D eigenvalue weighted by Gasteiger charge is -2.41. The quantitative estimate of drug-likeness (QED) is 0.0420. The third kappa shape index (κ3) is 5.32. The van der Waals surface area contributed by atoms with Crippen LogP contribution in [0.5, 0.6) is 0 Å². The predicted molar refractivity (Wildman–Crippen MR) is 188 cm³/mol. The van der Waals surface area contributed by atoms with Crippen LogP contribution in [0.4, 0.5) is 0 Å². The first-order chi connectivity index (χ1) is 24.5. The van der Waals surface area contributed by atoms with Crippen molar-refractivity contribution in [1.29, 1.82) is 0 Å². The summed E-state index contributed by atoms with van der Waals surface area (Å²) in [5, 5.41) is 9.75. The minimum absolute atomic E-state index is 0.232. The zero-order valence-electron chi connectivity index (χ0n) is 26.4. The standard InChI is InChI=1S/C41H27N3O6/c42-44-43-35-34-30-22-21-25-18-10-17-24-19-20-29(33(30)32(24)25)23-31(34)36(48-39(45)26-11-4-1-5-12-26)38(50-41(47)28-15-8-3-9-16-28)37(35)49-40(46)27-13-6-2-7-14-27/h1-23,35-38H/t35-,36-,37+,38+/m0/s1. The number of fused-ring (bicyclic) bond motifs is 2. The highest BCUT2D eigenvalue weighted by Gasteiger charge is 2.50. The van der Waals surface area contributed by atoms with Gasteiger partial charge in [-0.1, -0.05) is 102 Å². The van der Waals surface area contributed by atoms with Crippen molar-refractivity contribution in [2.75, 3.05) is 0 Å². The van der Waals surface area contributed by atoms with Crippen LogP contribution in [-0.2, 0) is 14.2 Å². The molecule has 0 bridgehead atoms. The van der Waals surface area contributed by atoms with Crippen LogP contribution in [0.15, 0.2) is 145 Å². The van der Waals surface area contributed by atoms with Crippen molar-refractivity contribution >= 4 is 50.2 Å². The maximum absolute atomic E-state index is 13.8. The Morgan fingerprint density at radius 2 is 1.04 bits per heavy atom. The van der Waals surface area contributed by atoms with E-state index in [4.69, 9.17) is 14.2 Å². The summed E-state index contributed by atoms with van der Waals surface area (Å²) in [6.45, 7) is 0. The van der Waals surface area contributed by atoms with Gasteiger partial charge in [-0.25, -0.2) is 14.4 Å². The predicted octanol–water partition coefficient (Wildman–Crippen LogP) is 9.30. The van der Waals surface area contributed by atoms with Crippen molar-refractivity contribution in [2.45, 2.75) is 24.4 Å². The normalized spacial score (nSPS) is 18.2. The van der Waals surface area contributed by atoms with Crippen LogP contribution in [0.3, 0.4) is 0 Å². The van der Waals surface area contributed by atoms with Crippen molar-refractivity contribution in [3.8, 4) is 0 Å². The number of ether oxygens (including phenoxy) is 3. The average Bonchev–Trinajstić information content (AvgIpc) is 3.17. The first-order valence-electron chi connectivity index (χ1n) is 16.0. The van der Waals surface area contributed by atoms with Crippen molar-refractivity contribution < 1.29 is 28.6 Å². The first-order valence-corrected chi connectivity index (χ1v) is 16.0. The lowest BCUT2D eigenvalue weighted by Crippen LogP contribution is -2.48. The SMILES string of the molecule is [N-]=[N+]=N[C@H]1c2c(cc3ccc4cccc5ccc2c3c45)[C@H](OC(=O)c2ccccc2)[C@@H](OC(=O)c2ccccc2)[C@@H]1OC(=O)c1ccccc1. The Hall–Kier alpha value is -6.70. The van der Waals surface area contributed by atoms with Crippen molar-refractivity contribution in [1.82, 2.24) is 0 Å². The number of esters is 3. The summed E-state index contributed by atoms with van der Waals surface area (Å²) in [6.07, 6.45) is -4.09. The molecule has 0 unspecified atom stereocenters. The number of nitrogens with zero attached hydrogens (tertiary/aromatic N) is 3. The molecule has 0 amide bonds. The molecule has 0 aromatic heterocycles. The van der Waals surface area contributed by atoms with E-state index in [1.165, 1.54) is 0 Å². The number of hydrogen-bond acceptors (Lipinski definition) is 7. The van der Waals surface area contributed by atoms with E-state index in [0.29, 0.717) is 11.1 Å². The number of rotatable bonds is 7. The summed E-state index contributed by atoms with van der Waals surface area (Å²) < 4.78 is 18.6. The second-order valence-electron chi connectivity index (χ2n) is 12.0. The van der Waals surface area contributed by atoms with Crippen LogP contribution in [0.2, 0.25) is 0 Å². The lowest BCUT2D eigenvalue weighted by atomic mass is 9.77. The van der Waals surface area contributed by atoms with Gasteiger partial charge in [0.15, 0.2) is 18.3 Å². The largest absolute Gasteiger partial charge is 0.454 e. The van der Waals surface area contributed by atoms with Gasteiger partial charge in [0.05, 0.1) is 16.7 Å². The molecule has 0 radical (unpaired) electrons. The smallest absolute Gasteiger partial charge is 0.338 e. The Morgan fingerprint density at radius 3 is 1.60 bits per heavy atom. The third-order valence-electron chi connectivity index (χ3n) is 9.18. The maximum Gasteiger partial charge on any atom is 0.338 e. The fourth-order valence-corrected chi connectivity index (χ4v) is 6.97. The monoisotopic (exact) mass is 657 g/mol. The van der Waals surface area contributed by atoms with Crippen molar-refractivity contribution in [3.05, 3.63) is 178 Å². The summed E-state index contributed by atoms with van der Waals surface area (Å²) in [5.41, 5.74) is 11.7. The van der Waals surface area contributed by atoms with E-state index >= 15 is 0 Å². The van der Waals surface area contributed by atoms with Gasteiger partial charge in [0.1, 0.15) is 6.04 Å². The number of hydrogen-bond donors (Lipinski definition) is 0. The molecule has 0 aliphatic heterocycles. The zero-order chi connectivity index (χ0) is 34.2. The molecule has 7 aromatic carbocycles. The van der Waals surface area contributed by atoms with E-state index in [2.05, 4.69) is 10.0 Å². The van der Waals surface area contributed by atoms with Crippen LogP contribution < -0.4 is 0 Å². The first kappa shape index (κ1) is 30.6. The maximum atomic E-state index is 13.8. The van der Waals surface area contributed by atoms with Gasteiger partial charge in [-0.15, -0.1) is 0 Å². The van der Waals surface area contributed by atoms with Gasteiger partial charge in [-0.3, -0.25) is 0 Å². The van der Waals surface area contributed by atoms with Crippen molar-refractivity contribution in [2.24, 2.45) is 5.11 Å². The Kier molecular flexibility index (Phi) is 7.79. The fraction of sp³-hybridized carbons (Fsp3) is 0.0976. The molecule has 0 heterocycles. The summed E-state index contributed by atoms with van der Waals surface area (Å²) in [4.78, 5) is 44.5. The van der Waals surface area contributed by atoms with E-state index < -0.39 is 42.3 Å². The topological polar surface area (TPSA) is 128 Å². The molecule has 0 N–H and O–H groups in total. The molecule has 7 aromatic rings. The Labute approximate surface area is 285 Å². The number of carbonyl (C=O) groups excluding carboxylic acids is 3. The van der Waals surface area contributed by atoms with Gasteiger partial charge in [-0.05, 0) is 85.9 Å². The molecule has 0 spiro atoms. The minimum Gasteiger partial charge on any atom is -0.454 e. The Bertz CT molecular complexity index is 2430. The van der Waals surface area contributed by atoms with Gasteiger partial charge in [0.25, 0.3) is 0 Å². The van der Waals surface area contributed by atoms with Gasteiger partial charge in [-0.2, -0.15) is 0 Å². The Morgan fingerprint density at radius 1 is 0.540 bits per heavy atom. The third-order valence-corrected chi connectivity index (χ3v) is 9.18. The summed E-state index contributed by atoms with van der Waals surface area (Å²) >= 11 is 0. The van der Waals surface area contributed by atoms with E-state index in [-0.39, 0.29) is 16.7 Å². The number of azide groups is 1. The van der Waals surface area contributed by atoms with Crippen LogP contribution in [0, 0.1) is 0 Å². The van der Waals surface area contributed by atoms with Gasteiger partial charge < -0.3 is 14.2 Å². The number of carbonyl (C=O) groups is 3. The van der Waals surface area contributed by atoms with Gasteiger partial charge in [0, 0.05) is 10.5 Å². The molecule has 0 saturated carbocycles. The summed E-state index contributed by atoms with van der Waals surface area (Å²) in [7, 11) is 0. The highest BCUT2D eigenvalue weighted by Crippen LogP contribution is 2.50. The van der Waals surface area contributed by atoms with Gasteiger partial charge in [0.2, 0.25) is 0 Å². The molecule has 4 atom stereocenters. The highest BCUT2D eigenvalue weighted by molar-refractivity contribution is 6.24. The second kappa shape index (κ2) is 12.7. The lowest BCUT2D eigenvalue weighted by molar-refractivity contribution is -0.103. The zero-order valence-corrected chi connectivity index (χ0v) is 26.4. The molecule has 8 rings (SSSR count). The van der Waals surface area contributed by atoms with E-state index in [9.17, 15) is 19.9 Å². The van der Waals surface area contributed by atoms with E-state index in [1.54, 1.807) is 91.0 Å². The van der Waals surface area contributed by atoms with Crippen LogP contribution in [0.25, 0.3) is 42.8 Å². The molecule has 50 heavy (non-hydrogen) atoms. The average molecular weight is 658 g/mol. The molecule has 1 aliphatic rings. The van der Waals surface area contributed by atoms with Crippen molar-refractivity contribution in [3.63, 3.8) is 0 Å².